The minimum Gasteiger partial charge on any atom is -0.497 e. The zero-order chi connectivity index (χ0) is 14.8. The number of aliphatic hydroxyl groups excluding tert-OH is 1. The Balaban J connectivity index is 1.69. The van der Waals surface area contributed by atoms with Crippen LogP contribution < -0.4 is 19.8 Å². The number of hydrogen-bond acceptors (Lipinski definition) is 5. The van der Waals surface area contributed by atoms with Gasteiger partial charge in [0, 0.05) is 23.9 Å². The van der Waals surface area contributed by atoms with Crippen LogP contribution in [-0.2, 0) is 0 Å². The summed E-state index contributed by atoms with van der Waals surface area (Å²) in [5.41, 5.74) is 1.80. The summed E-state index contributed by atoms with van der Waals surface area (Å²) < 4.78 is 6.78. The summed E-state index contributed by atoms with van der Waals surface area (Å²) >= 11 is 6.29. The van der Waals surface area contributed by atoms with E-state index in [4.69, 9.17) is 16.5 Å². The van der Waals surface area contributed by atoms with Gasteiger partial charge in [-0.05, 0) is 37.8 Å². The zero-order valence-corrected chi connectivity index (χ0v) is 12.7. The molecule has 1 aromatic carbocycles. The molecule has 0 atom stereocenters. The Morgan fingerprint density at radius 1 is 1.33 bits per heavy atom. The Kier molecular flexibility index (Phi) is 4.12. The highest BCUT2D eigenvalue weighted by Crippen LogP contribution is 2.35. The van der Waals surface area contributed by atoms with Gasteiger partial charge in [-0.1, -0.05) is 0 Å². The van der Waals surface area contributed by atoms with Gasteiger partial charge < -0.3 is 20.5 Å². The molecule has 1 aliphatic carbocycles. The predicted octanol–water partition coefficient (Wildman–Crippen LogP) is 2.77. The molecule has 114 valence electrons. The monoisotopic (exact) mass is 309 g/mol. The smallest absolute Gasteiger partial charge is 0.122 e. The van der Waals surface area contributed by atoms with Gasteiger partial charge in [-0.3, -0.25) is 4.42 Å². The van der Waals surface area contributed by atoms with Gasteiger partial charge in [0.15, 0.2) is 0 Å². The van der Waals surface area contributed by atoms with Crippen molar-refractivity contribution in [3.05, 3.63) is 30.2 Å². The van der Waals surface area contributed by atoms with Crippen LogP contribution in [0.5, 0.6) is 5.75 Å². The number of methoxy groups -OCH3 is 1. The number of nitrogens with zero attached hydrogens (tertiary/aromatic N) is 1. The fourth-order valence-electron chi connectivity index (χ4n) is 2.79. The van der Waals surface area contributed by atoms with Crippen molar-refractivity contribution in [2.45, 2.75) is 37.8 Å². The van der Waals surface area contributed by atoms with E-state index in [9.17, 15) is 5.11 Å². The number of benzene rings is 1. The lowest BCUT2D eigenvalue weighted by Gasteiger charge is -2.31. The van der Waals surface area contributed by atoms with Crippen LogP contribution in [0.3, 0.4) is 0 Å². The number of rotatable bonds is 3. The largest absolute Gasteiger partial charge is 0.497 e. The first-order chi connectivity index (χ1) is 10.2. The summed E-state index contributed by atoms with van der Waals surface area (Å²) in [6, 6.07) is 6.11. The molecule has 0 spiro atoms. The van der Waals surface area contributed by atoms with Crippen molar-refractivity contribution in [2.75, 3.05) is 16.8 Å². The van der Waals surface area contributed by atoms with Crippen molar-refractivity contribution in [3.8, 4) is 5.75 Å². The molecule has 0 unspecified atom stereocenters. The molecule has 1 saturated carbocycles. The van der Waals surface area contributed by atoms with Gasteiger partial charge in [0.1, 0.15) is 11.6 Å². The third kappa shape index (κ3) is 3.19. The third-order valence-corrected chi connectivity index (χ3v) is 4.28. The molecule has 6 heteroatoms. The molecule has 0 bridgehead atoms. The van der Waals surface area contributed by atoms with Crippen LogP contribution in [0.15, 0.2) is 30.2 Å². The van der Waals surface area contributed by atoms with Crippen molar-refractivity contribution in [3.63, 3.8) is 0 Å². The Morgan fingerprint density at radius 3 is 2.81 bits per heavy atom. The van der Waals surface area contributed by atoms with E-state index in [2.05, 4.69) is 10.6 Å². The van der Waals surface area contributed by atoms with Crippen molar-refractivity contribution >= 4 is 23.2 Å². The standard InChI is InChI=1S/C15H20ClN3O2/c1-21-12-6-7-13-14(8-12)19(16)9-15(18-13)17-10-2-4-11(20)5-3-10/h6-11,17-18,20H,2-5H2,1H3/t10-,11-. The van der Waals surface area contributed by atoms with Crippen molar-refractivity contribution < 1.29 is 9.84 Å². The highest BCUT2D eigenvalue weighted by Gasteiger charge is 2.22. The van der Waals surface area contributed by atoms with Crippen molar-refractivity contribution in [2.24, 2.45) is 0 Å². The molecule has 0 amide bonds. The Labute approximate surface area is 129 Å². The second kappa shape index (κ2) is 6.03. The van der Waals surface area contributed by atoms with Gasteiger partial charge in [0.05, 0.1) is 30.8 Å². The molecular weight excluding hydrogens is 290 g/mol. The highest BCUT2D eigenvalue weighted by molar-refractivity contribution is 6.28. The third-order valence-electron chi connectivity index (χ3n) is 4.00. The minimum atomic E-state index is -0.144. The van der Waals surface area contributed by atoms with Crippen molar-refractivity contribution in [1.29, 1.82) is 0 Å². The number of fused-ring (bicyclic) bond motifs is 1. The number of aliphatic hydroxyl groups is 1. The highest BCUT2D eigenvalue weighted by atomic mass is 35.5. The predicted molar refractivity (Wildman–Crippen MR) is 84.4 cm³/mol. The normalized spacial score (nSPS) is 24.7. The fraction of sp³-hybridized carbons (Fsp3) is 0.467. The van der Waals surface area contributed by atoms with Gasteiger partial charge in [0.25, 0.3) is 0 Å². The average Bonchev–Trinajstić information content (AvgIpc) is 2.49. The van der Waals surface area contributed by atoms with Gasteiger partial charge in [-0.2, -0.15) is 0 Å². The summed E-state index contributed by atoms with van der Waals surface area (Å²) in [6.45, 7) is 0. The summed E-state index contributed by atoms with van der Waals surface area (Å²) in [6.07, 6.45) is 5.32. The molecule has 2 aliphatic rings. The lowest BCUT2D eigenvalue weighted by molar-refractivity contribution is 0.118. The molecule has 1 heterocycles. The first-order valence-corrected chi connectivity index (χ1v) is 7.56. The van der Waals surface area contributed by atoms with E-state index in [1.807, 2.05) is 24.4 Å². The van der Waals surface area contributed by atoms with E-state index in [1.54, 1.807) is 11.5 Å². The second-order valence-corrected chi connectivity index (χ2v) is 5.88. The molecule has 0 saturated heterocycles. The van der Waals surface area contributed by atoms with Gasteiger partial charge in [0.2, 0.25) is 0 Å². The Hall–Kier alpha value is -1.59. The molecule has 0 aromatic heterocycles. The molecule has 3 rings (SSSR count). The lowest BCUT2D eigenvalue weighted by atomic mass is 9.93. The summed E-state index contributed by atoms with van der Waals surface area (Å²) in [7, 11) is 1.64. The lowest BCUT2D eigenvalue weighted by Crippen LogP contribution is -2.37. The molecule has 21 heavy (non-hydrogen) atoms. The van der Waals surface area contributed by atoms with E-state index in [1.165, 1.54) is 0 Å². The van der Waals surface area contributed by atoms with Gasteiger partial charge in [-0.25, -0.2) is 0 Å². The van der Waals surface area contributed by atoms with Gasteiger partial charge >= 0.3 is 0 Å². The van der Waals surface area contributed by atoms with Gasteiger partial charge in [-0.15, -0.1) is 0 Å². The number of ether oxygens (including phenoxy) is 1. The Morgan fingerprint density at radius 2 is 2.10 bits per heavy atom. The fourth-order valence-corrected chi connectivity index (χ4v) is 3.03. The van der Waals surface area contributed by atoms with Crippen LogP contribution >= 0.6 is 11.8 Å². The minimum absolute atomic E-state index is 0.144. The van der Waals surface area contributed by atoms with Crippen LogP contribution in [0.1, 0.15) is 25.7 Å². The zero-order valence-electron chi connectivity index (χ0n) is 12.0. The maximum atomic E-state index is 9.56. The quantitative estimate of drug-likeness (QED) is 0.750. The molecule has 5 nitrogen and oxygen atoms in total. The van der Waals surface area contributed by atoms with Crippen LogP contribution in [0.2, 0.25) is 0 Å². The topological polar surface area (TPSA) is 56.8 Å². The molecular formula is C15H20ClN3O2. The van der Waals surface area contributed by atoms with E-state index in [0.29, 0.717) is 6.04 Å². The molecule has 1 fully saturated rings. The number of hydrogen-bond donors (Lipinski definition) is 3. The van der Waals surface area contributed by atoms with Crippen LogP contribution in [0.25, 0.3) is 0 Å². The first-order valence-electron chi connectivity index (χ1n) is 7.22. The first kappa shape index (κ1) is 14.4. The van der Waals surface area contributed by atoms with Crippen molar-refractivity contribution in [1.82, 2.24) is 5.32 Å². The van der Waals surface area contributed by atoms with Crippen LogP contribution in [0.4, 0.5) is 11.4 Å². The van der Waals surface area contributed by atoms with Crippen LogP contribution in [0, 0.1) is 0 Å². The SMILES string of the molecule is COc1ccc2c(c1)N(Cl)C=C(N[C@H]1CC[C@H](O)CC1)N2. The summed E-state index contributed by atoms with van der Waals surface area (Å²) in [5, 5.41) is 16.4. The second-order valence-electron chi connectivity index (χ2n) is 5.51. The molecule has 1 aromatic rings. The molecule has 0 radical (unpaired) electrons. The maximum Gasteiger partial charge on any atom is 0.122 e. The van der Waals surface area contributed by atoms with E-state index in [-0.39, 0.29) is 6.10 Å². The summed E-state index contributed by atoms with van der Waals surface area (Å²) in [4.78, 5) is 0. The number of halogens is 1. The summed E-state index contributed by atoms with van der Waals surface area (Å²) in [5.74, 6) is 1.65. The molecule has 3 N–H and O–H groups in total. The average molecular weight is 310 g/mol. The molecule has 1 aliphatic heterocycles. The maximum absolute atomic E-state index is 9.56. The Bertz CT molecular complexity index is 542. The van der Waals surface area contributed by atoms with E-state index < -0.39 is 0 Å². The number of nitrogens with one attached hydrogen (secondary N) is 2. The number of anilines is 2. The van der Waals surface area contributed by atoms with Crippen LogP contribution in [-0.4, -0.2) is 24.4 Å². The van der Waals surface area contributed by atoms with E-state index in [0.717, 1.165) is 48.6 Å². The van der Waals surface area contributed by atoms with E-state index >= 15 is 0 Å².